The van der Waals surface area contributed by atoms with Crippen molar-refractivity contribution in [2.75, 3.05) is 6.61 Å². The summed E-state index contributed by atoms with van der Waals surface area (Å²) >= 11 is 0. The number of carbonyl (C=O) groups excluding carboxylic acids is 2. The molecule has 0 aromatic rings. The monoisotopic (exact) mass is 221 g/mol. The Labute approximate surface area is 86.6 Å². The van der Waals surface area contributed by atoms with E-state index in [1.54, 1.807) is 0 Å². The Bertz CT molecular complexity index is 239. The van der Waals surface area contributed by atoms with E-state index >= 15 is 0 Å². The van der Waals surface area contributed by atoms with Crippen molar-refractivity contribution in [3.05, 3.63) is 0 Å². The van der Waals surface area contributed by atoms with Gasteiger partial charge in [-0.1, -0.05) is 5.64 Å². The molecule has 0 saturated carbocycles. The van der Waals surface area contributed by atoms with Crippen LogP contribution in [0.3, 0.4) is 0 Å². The Hall–Kier alpha value is -0.860. The minimum atomic E-state index is -1.83. The van der Waals surface area contributed by atoms with Crippen LogP contribution in [0.5, 0.6) is 0 Å². The predicted molar refractivity (Wildman–Crippen MR) is 47.8 cm³/mol. The van der Waals surface area contributed by atoms with E-state index in [-0.39, 0.29) is 12.2 Å². The molecule has 7 heteroatoms. The molecule has 0 aliphatic rings. The summed E-state index contributed by atoms with van der Waals surface area (Å²) in [5.41, 5.74) is -0.566. The maximum atomic E-state index is 11.1. The predicted octanol–water partition coefficient (Wildman–Crippen LogP) is -1.44. The van der Waals surface area contributed by atoms with Crippen LogP contribution < -0.4 is 5.64 Å². The fourth-order valence-corrected chi connectivity index (χ4v) is 1.13. The molecule has 0 heterocycles. The standard InChI is InChI=1S/C8H15NO6/c1-5(10)3-8(2,13)7(12)6(11)4-15-9-14/h7,9,12-14H,3-4H2,1-2H3. The second kappa shape index (κ2) is 5.89. The lowest BCUT2D eigenvalue weighted by atomic mass is 9.91. The third kappa shape index (κ3) is 4.96. The minimum Gasteiger partial charge on any atom is -0.387 e. The summed E-state index contributed by atoms with van der Waals surface area (Å²) < 4.78 is 0. The fourth-order valence-electron chi connectivity index (χ4n) is 1.13. The van der Waals surface area contributed by atoms with E-state index in [1.807, 2.05) is 0 Å². The largest absolute Gasteiger partial charge is 0.387 e. The Morgan fingerprint density at radius 3 is 2.47 bits per heavy atom. The smallest absolute Gasteiger partial charge is 0.191 e. The number of ketones is 2. The van der Waals surface area contributed by atoms with Crippen LogP contribution in [0.1, 0.15) is 20.3 Å². The van der Waals surface area contributed by atoms with E-state index in [9.17, 15) is 19.8 Å². The van der Waals surface area contributed by atoms with Gasteiger partial charge in [-0.05, 0) is 13.8 Å². The van der Waals surface area contributed by atoms with Crippen molar-refractivity contribution in [3.63, 3.8) is 0 Å². The van der Waals surface area contributed by atoms with Gasteiger partial charge >= 0.3 is 0 Å². The molecule has 0 radical (unpaired) electrons. The van der Waals surface area contributed by atoms with E-state index < -0.39 is 24.1 Å². The summed E-state index contributed by atoms with van der Waals surface area (Å²) in [5, 5.41) is 27.0. The first-order chi connectivity index (χ1) is 6.81. The van der Waals surface area contributed by atoms with Crippen molar-refractivity contribution >= 4 is 11.6 Å². The van der Waals surface area contributed by atoms with Gasteiger partial charge in [0.2, 0.25) is 0 Å². The van der Waals surface area contributed by atoms with Crippen molar-refractivity contribution in [2.24, 2.45) is 0 Å². The highest BCUT2D eigenvalue weighted by Gasteiger charge is 2.36. The summed E-state index contributed by atoms with van der Waals surface area (Å²) in [7, 11) is 0. The van der Waals surface area contributed by atoms with E-state index in [1.165, 1.54) is 19.5 Å². The molecule has 4 N–H and O–H groups in total. The third-order valence-corrected chi connectivity index (χ3v) is 1.78. The van der Waals surface area contributed by atoms with Crippen LogP contribution in [0.4, 0.5) is 0 Å². The van der Waals surface area contributed by atoms with E-state index in [0.717, 1.165) is 0 Å². The van der Waals surface area contributed by atoms with Gasteiger partial charge in [-0.3, -0.25) is 19.6 Å². The maximum Gasteiger partial charge on any atom is 0.191 e. The van der Waals surface area contributed by atoms with Crippen molar-refractivity contribution in [3.8, 4) is 0 Å². The van der Waals surface area contributed by atoms with Crippen LogP contribution >= 0.6 is 0 Å². The van der Waals surface area contributed by atoms with Gasteiger partial charge in [-0.25, -0.2) is 0 Å². The molecule has 0 rings (SSSR count). The molecular formula is C8H15NO6. The summed E-state index contributed by atoms with van der Waals surface area (Å²) in [6.07, 6.45) is -2.08. The second-order valence-corrected chi connectivity index (χ2v) is 3.48. The molecule has 2 unspecified atom stereocenters. The summed E-state index contributed by atoms with van der Waals surface area (Å²) in [5.74, 6) is -1.20. The van der Waals surface area contributed by atoms with Gasteiger partial charge in [0.25, 0.3) is 0 Å². The first-order valence-corrected chi connectivity index (χ1v) is 4.24. The van der Waals surface area contributed by atoms with Gasteiger partial charge in [-0.15, -0.1) is 0 Å². The third-order valence-electron chi connectivity index (χ3n) is 1.78. The first kappa shape index (κ1) is 14.1. The highest BCUT2D eigenvalue weighted by molar-refractivity contribution is 5.86. The SMILES string of the molecule is CC(=O)CC(C)(O)C(O)C(=O)CONO. The molecule has 0 aromatic heterocycles. The van der Waals surface area contributed by atoms with Crippen molar-refractivity contribution in [1.82, 2.24) is 5.64 Å². The highest BCUT2D eigenvalue weighted by Crippen LogP contribution is 2.16. The van der Waals surface area contributed by atoms with Gasteiger partial charge in [0.05, 0.1) is 0 Å². The molecule has 0 amide bonds. The summed E-state index contributed by atoms with van der Waals surface area (Å²) in [6.45, 7) is 1.78. The van der Waals surface area contributed by atoms with Crippen LogP contribution in [-0.2, 0) is 14.4 Å². The molecular weight excluding hydrogens is 206 g/mol. The Kier molecular flexibility index (Phi) is 5.55. The molecule has 15 heavy (non-hydrogen) atoms. The first-order valence-electron chi connectivity index (χ1n) is 4.24. The number of nitrogens with one attached hydrogen (secondary N) is 1. The molecule has 7 nitrogen and oxygen atoms in total. The molecule has 0 saturated heterocycles. The molecule has 2 atom stereocenters. The van der Waals surface area contributed by atoms with Crippen LogP contribution in [0.15, 0.2) is 0 Å². The topological polar surface area (TPSA) is 116 Å². The van der Waals surface area contributed by atoms with Crippen molar-refractivity contribution in [1.29, 1.82) is 0 Å². The van der Waals surface area contributed by atoms with Gasteiger partial charge in [0, 0.05) is 6.42 Å². The number of aliphatic hydroxyl groups excluding tert-OH is 1. The van der Waals surface area contributed by atoms with Crippen molar-refractivity contribution in [2.45, 2.75) is 32.0 Å². The zero-order valence-electron chi connectivity index (χ0n) is 8.56. The molecule has 0 aromatic carbocycles. The Morgan fingerprint density at radius 1 is 1.53 bits per heavy atom. The number of hydrogen-bond donors (Lipinski definition) is 4. The van der Waals surface area contributed by atoms with Crippen LogP contribution in [0, 0.1) is 0 Å². The van der Waals surface area contributed by atoms with Gasteiger partial charge in [0.1, 0.15) is 24.1 Å². The van der Waals surface area contributed by atoms with Crippen LogP contribution in [0.2, 0.25) is 0 Å². The Balaban J connectivity index is 4.33. The van der Waals surface area contributed by atoms with Gasteiger partial charge in [0.15, 0.2) is 5.78 Å². The van der Waals surface area contributed by atoms with Crippen LogP contribution in [-0.4, -0.2) is 45.3 Å². The highest BCUT2D eigenvalue weighted by atomic mass is 16.8. The van der Waals surface area contributed by atoms with Crippen molar-refractivity contribution < 1.29 is 29.8 Å². The number of Topliss-reactive ketones (excluding diaryl/α,β-unsaturated/α-hetero) is 2. The summed E-state index contributed by atoms with van der Waals surface area (Å²) in [4.78, 5) is 26.0. The van der Waals surface area contributed by atoms with Crippen LogP contribution in [0.25, 0.3) is 0 Å². The molecule has 0 aliphatic carbocycles. The second-order valence-electron chi connectivity index (χ2n) is 3.48. The fraction of sp³-hybridized carbons (Fsp3) is 0.750. The van der Waals surface area contributed by atoms with E-state index in [0.29, 0.717) is 0 Å². The van der Waals surface area contributed by atoms with Gasteiger partial charge < -0.3 is 10.2 Å². The van der Waals surface area contributed by atoms with E-state index in [2.05, 4.69) is 4.84 Å². The number of rotatable bonds is 7. The molecule has 0 spiro atoms. The quantitative estimate of drug-likeness (QED) is 0.389. The maximum absolute atomic E-state index is 11.1. The molecule has 0 aliphatic heterocycles. The van der Waals surface area contributed by atoms with E-state index in [4.69, 9.17) is 5.21 Å². The molecule has 0 fully saturated rings. The average molecular weight is 221 g/mol. The zero-order chi connectivity index (χ0) is 12.1. The molecule has 88 valence electrons. The average Bonchev–Trinajstić information content (AvgIpc) is 2.10. The summed E-state index contributed by atoms with van der Waals surface area (Å²) in [6, 6.07) is 0. The molecule has 0 bridgehead atoms. The number of hydrogen-bond acceptors (Lipinski definition) is 7. The lowest BCUT2D eigenvalue weighted by Gasteiger charge is -2.26. The Morgan fingerprint density at radius 2 is 2.07 bits per heavy atom. The van der Waals surface area contributed by atoms with Gasteiger partial charge in [-0.2, -0.15) is 0 Å². The number of carbonyl (C=O) groups is 2. The lowest BCUT2D eigenvalue weighted by Crippen LogP contribution is -2.47. The lowest BCUT2D eigenvalue weighted by molar-refractivity contribution is -0.166. The minimum absolute atomic E-state index is 0.341. The zero-order valence-corrected chi connectivity index (χ0v) is 8.56. The number of aliphatic hydroxyl groups is 2. The normalized spacial score (nSPS) is 16.9.